The Morgan fingerprint density at radius 3 is 2.94 bits per heavy atom. The number of hydrogen-bond acceptors (Lipinski definition) is 6. The Morgan fingerprint density at radius 2 is 2.06 bits per heavy atom. The molecule has 35 heavy (non-hydrogen) atoms. The number of methoxy groups -OCH3 is 1. The lowest BCUT2D eigenvalue weighted by Gasteiger charge is -2.24. The zero-order valence-electron chi connectivity index (χ0n) is 19.7. The van der Waals surface area contributed by atoms with Crippen LogP contribution in [-0.4, -0.2) is 49.4 Å². The maximum Gasteiger partial charge on any atom is 0.255 e. The van der Waals surface area contributed by atoms with Crippen molar-refractivity contribution >= 4 is 17.3 Å². The maximum absolute atomic E-state index is 14.5. The molecule has 5 rings (SSSR count). The minimum absolute atomic E-state index is 0.0442. The Morgan fingerprint density at radius 1 is 1.17 bits per heavy atom. The molecule has 0 radical (unpaired) electrons. The van der Waals surface area contributed by atoms with Crippen LogP contribution in [0.3, 0.4) is 0 Å². The first-order chi connectivity index (χ1) is 17.2. The number of carbonyl (C=O) groups excluding carboxylic acids is 1. The van der Waals surface area contributed by atoms with Gasteiger partial charge in [0, 0.05) is 43.1 Å². The summed E-state index contributed by atoms with van der Waals surface area (Å²) in [6, 6.07) is 6.50. The standard InChI is InChI=1S/C26H29FN4O4/c1-33-25-18(27)6-5-7-19(25)30-24-21-22-16(14-29-26(21)32)9-13-34-11-3-2-4-12-35-20-15-28-10-8-17(20)23(24)31-22/h5-8,10,15-16,30-31H,2-4,9,11-14H2,1H3,(H,29,32). The molecule has 3 aromatic rings. The van der Waals surface area contributed by atoms with Crippen molar-refractivity contribution in [2.24, 2.45) is 0 Å². The fourth-order valence-corrected chi connectivity index (χ4v) is 4.68. The highest BCUT2D eigenvalue weighted by atomic mass is 19.1. The van der Waals surface area contributed by atoms with Crippen LogP contribution >= 0.6 is 0 Å². The number of amides is 1. The van der Waals surface area contributed by atoms with Gasteiger partial charge in [0.1, 0.15) is 5.75 Å². The van der Waals surface area contributed by atoms with Crippen LogP contribution in [-0.2, 0) is 4.74 Å². The number of halogens is 1. The zero-order chi connectivity index (χ0) is 24.2. The summed E-state index contributed by atoms with van der Waals surface area (Å²) >= 11 is 0. The number of ether oxygens (including phenoxy) is 3. The smallest absolute Gasteiger partial charge is 0.255 e. The zero-order valence-corrected chi connectivity index (χ0v) is 19.7. The van der Waals surface area contributed by atoms with Crippen LogP contribution < -0.4 is 20.1 Å². The van der Waals surface area contributed by atoms with E-state index in [1.54, 1.807) is 24.5 Å². The predicted octanol–water partition coefficient (Wildman–Crippen LogP) is 4.76. The number of fused-ring (bicyclic) bond motifs is 3. The molecule has 1 amide bonds. The number of nitrogens with zero attached hydrogens (tertiary/aromatic N) is 1. The molecule has 8 nitrogen and oxygen atoms in total. The first-order valence-electron chi connectivity index (χ1n) is 12.0. The molecule has 0 saturated carbocycles. The summed E-state index contributed by atoms with van der Waals surface area (Å²) in [4.78, 5) is 20.9. The number of pyridine rings is 1. The van der Waals surface area contributed by atoms with Crippen LogP contribution in [0, 0.1) is 5.82 Å². The van der Waals surface area contributed by atoms with Crippen molar-refractivity contribution < 1.29 is 23.4 Å². The molecule has 3 N–H and O–H groups in total. The first-order valence-corrected chi connectivity index (χ1v) is 12.0. The second-order valence-corrected chi connectivity index (χ2v) is 8.70. The fourth-order valence-electron chi connectivity index (χ4n) is 4.68. The monoisotopic (exact) mass is 480 g/mol. The summed E-state index contributed by atoms with van der Waals surface area (Å²) in [6.45, 7) is 2.36. The van der Waals surface area contributed by atoms with Crippen molar-refractivity contribution in [3.63, 3.8) is 0 Å². The number of benzene rings is 1. The molecule has 0 spiro atoms. The minimum Gasteiger partial charge on any atom is -0.492 e. The van der Waals surface area contributed by atoms with Crippen molar-refractivity contribution in [2.45, 2.75) is 31.6 Å². The Balaban J connectivity index is 1.67. The molecule has 184 valence electrons. The molecule has 1 aromatic carbocycles. The van der Waals surface area contributed by atoms with Gasteiger partial charge in [-0.05, 0) is 43.9 Å². The van der Waals surface area contributed by atoms with E-state index in [9.17, 15) is 9.18 Å². The Kier molecular flexibility index (Phi) is 6.85. The van der Waals surface area contributed by atoms with Crippen molar-refractivity contribution in [1.82, 2.24) is 15.3 Å². The van der Waals surface area contributed by atoms with Crippen molar-refractivity contribution in [3.8, 4) is 22.8 Å². The SMILES string of the molecule is COc1c(F)cccc1Nc1c2[nH]c3c1C(=O)NCC3CCOCCCCCOc1cnccc1-2. The molecule has 2 aliphatic heterocycles. The molecule has 2 aliphatic rings. The van der Waals surface area contributed by atoms with Crippen LogP contribution in [0.4, 0.5) is 15.8 Å². The van der Waals surface area contributed by atoms with E-state index in [4.69, 9.17) is 14.2 Å². The van der Waals surface area contributed by atoms with Gasteiger partial charge in [0.15, 0.2) is 11.6 Å². The lowest BCUT2D eigenvalue weighted by atomic mass is 9.93. The van der Waals surface area contributed by atoms with Crippen molar-refractivity contribution in [3.05, 3.63) is 53.7 Å². The van der Waals surface area contributed by atoms with Crippen LogP contribution in [0.2, 0.25) is 0 Å². The normalized spacial score (nSPS) is 18.3. The number of para-hydroxylation sites is 1. The number of rotatable bonds is 3. The summed E-state index contributed by atoms with van der Waals surface area (Å²) in [7, 11) is 1.42. The third-order valence-corrected chi connectivity index (χ3v) is 6.46. The highest BCUT2D eigenvalue weighted by Crippen LogP contribution is 2.44. The lowest BCUT2D eigenvalue weighted by Crippen LogP contribution is -2.35. The van der Waals surface area contributed by atoms with Crippen LogP contribution in [0.1, 0.15) is 47.7 Å². The van der Waals surface area contributed by atoms with E-state index < -0.39 is 5.82 Å². The highest BCUT2D eigenvalue weighted by molar-refractivity contribution is 6.07. The van der Waals surface area contributed by atoms with E-state index in [2.05, 4.69) is 20.6 Å². The number of carbonyl (C=O) groups is 1. The Bertz CT molecular complexity index is 1210. The summed E-state index contributed by atoms with van der Waals surface area (Å²) in [5.41, 5.74) is 3.72. The van der Waals surface area contributed by atoms with Gasteiger partial charge >= 0.3 is 0 Å². The molecule has 4 heterocycles. The third kappa shape index (κ3) is 4.68. The number of aromatic nitrogens is 2. The molecule has 2 aromatic heterocycles. The molecule has 2 bridgehead atoms. The highest BCUT2D eigenvalue weighted by Gasteiger charge is 2.33. The van der Waals surface area contributed by atoms with Crippen molar-refractivity contribution in [1.29, 1.82) is 0 Å². The van der Waals surface area contributed by atoms with Gasteiger partial charge in [-0.2, -0.15) is 0 Å². The number of nitrogens with one attached hydrogen (secondary N) is 3. The van der Waals surface area contributed by atoms with Gasteiger partial charge in [-0.3, -0.25) is 9.78 Å². The largest absolute Gasteiger partial charge is 0.492 e. The molecule has 0 fully saturated rings. The molecule has 1 unspecified atom stereocenters. The van der Waals surface area contributed by atoms with E-state index >= 15 is 0 Å². The average molecular weight is 481 g/mol. The van der Waals surface area contributed by atoms with Gasteiger partial charge in [0.25, 0.3) is 5.91 Å². The third-order valence-electron chi connectivity index (χ3n) is 6.46. The van der Waals surface area contributed by atoms with Gasteiger partial charge in [-0.25, -0.2) is 4.39 Å². The predicted molar refractivity (Wildman–Crippen MR) is 130 cm³/mol. The van der Waals surface area contributed by atoms with Crippen molar-refractivity contribution in [2.75, 3.05) is 38.8 Å². The van der Waals surface area contributed by atoms with E-state index in [-0.39, 0.29) is 17.6 Å². The van der Waals surface area contributed by atoms with Gasteiger partial charge in [-0.15, -0.1) is 0 Å². The van der Waals surface area contributed by atoms with Gasteiger partial charge in [0.2, 0.25) is 0 Å². The quantitative estimate of drug-likeness (QED) is 0.500. The molecule has 0 aliphatic carbocycles. The summed E-state index contributed by atoms with van der Waals surface area (Å²) in [5.74, 6) is 0.0367. The molecule has 9 heteroatoms. The van der Waals surface area contributed by atoms with E-state index in [0.29, 0.717) is 54.7 Å². The Hall–Kier alpha value is -3.59. The molecular formula is C26H29FN4O4. The number of anilines is 2. The van der Waals surface area contributed by atoms with Crippen LogP contribution in [0.25, 0.3) is 11.3 Å². The topological polar surface area (TPSA) is 97.5 Å². The summed E-state index contributed by atoms with van der Waals surface area (Å²) in [5, 5.41) is 6.30. The fraction of sp³-hybridized carbons (Fsp3) is 0.385. The minimum atomic E-state index is -0.495. The average Bonchev–Trinajstić information content (AvgIpc) is 3.24. The second kappa shape index (κ2) is 10.4. The summed E-state index contributed by atoms with van der Waals surface area (Å²) < 4.78 is 31.7. The first kappa shape index (κ1) is 23.2. The van der Waals surface area contributed by atoms with Crippen LogP contribution in [0.15, 0.2) is 36.7 Å². The van der Waals surface area contributed by atoms with Gasteiger partial charge in [-0.1, -0.05) is 6.07 Å². The number of hydrogen-bond donors (Lipinski definition) is 3. The molecule has 1 atom stereocenters. The summed E-state index contributed by atoms with van der Waals surface area (Å²) in [6.07, 6.45) is 7.02. The van der Waals surface area contributed by atoms with E-state index in [1.165, 1.54) is 13.2 Å². The van der Waals surface area contributed by atoms with Gasteiger partial charge in [0.05, 0.1) is 42.5 Å². The molecular weight excluding hydrogens is 451 g/mol. The number of aromatic amines is 1. The van der Waals surface area contributed by atoms with E-state index in [0.717, 1.165) is 36.9 Å². The number of H-pyrrole nitrogens is 1. The Labute approximate surface area is 203 Å². The van der Waals surface area contributed by atoms with E-state index in [1.807, 2.05) is 6.07 Å². The second-order valence-electron chi connectivity index (χ2n) is 8.70. The molecule has 0 saturated heterocycles. The van der Waals surface area contributed by atoms with Gasteiger partial charge < -0.3 is 29.8 Å². The lowest BCUT2D eigenvalue weighted by molar-refractivity contribution is 0.0925. The van der Waals surface area contributed by atoms with Crippen LogP contribution in [0.5, 0.6) is 11.5 Å². The maximum atomic E-state index is 14.5.